The molecule has 0 aromatic rings. The van der Waals surface area contributed by atoms with E-state index in [1.54, 1.807) is 6.92 Å². The topological polar surface area (TPSA) is 79.5 Å². The summed E-state index contributed by atoms with van der Waals surface area (Å²) in [6.07, 6.45) is 0. The predicted molar refractivity (Wildman–Crippen MR) is 62.6 cm³/mol. The summed E-state index contributed by atoms with van der Waals surface area (Å²) < 4.78 is 0. The molecule has 5 heteroatoms. The quantitative estimate of drug-likeness (QED) is 0.462. The molecule has 0 saturated carbocycles. The molecule has 1 unspecified atom stereocenters. The van der Waals surface area contributed by atoms with Crippen LogP contribution in [0, 0.1) is 0 Å². The molecule has 0 bridgehead atoms. The highest BCUT2D eigenvalue weighted by molar-refractivity contribution is 5.86. The number of aliphatic imine (C=N–C) groups is 1. The van der Waals surface area contributed by atoms with Gasteiger partial charge >= 0.3 is 0 Å². The highest BCUT2D eigenvalue weighted by atomic mass is 16.2. The smallest absolute Gasteiger partial charge is 0.244 e. The summed E-state index contributed by atoms with van der Waals surface area (Å²) in [5.41, 5.74) is 5.60. The molecule has 0 aromatic carbocycles. The van der Waals surface area contributed by atoms with E-state index in [2.05, 4.69) is 15.6 Å². The largest absolute Gasteiger partial charge is 0.370 e. The van der Waals surface area contributed by atoms with Gasteiger partial charge in [0, 0.05) is 12.1 Å². The highest BCUT2D eigenvalue weighted by Crippen LogP contribution is 1.91. The fourth-order valence-electron chi connectivity index (χ4n) is 1.01. The monoisotopic (exact) mass is 214 g/mol. The average Bonchev–Trinajstić information content (AvgIpc) is 2.00. The molecule has 0 rings (SSSR count). The molecule has 5 nitrogen and oxygen atoms in total. The minimum atomic E-state index is -0.460. The van der Waals surface area contributed by atoms with Crippen molar-refractivity contribution in [3.05, 3.63) is 0 Å². The molecule has 15 heavy (non-hydrogen) atoms. The standard InChI is InChI=1S/C10H22N4O/c1-6(2)12-9(15)8(5)14-10(11)13-7(3)4/h6-8H,1-5H3,(H,12,15)(H3,11,13,14). The molecule has 0 spiro atoms. The van der Waals surface area contributed by atoms with Gasteiger partial charge < -0.3 is 16.4 Å². The van der Waals surface area contributed by atoms with Gasteiger partial charge in [-0.15, -0.1) is 0 Å². The Labute approximate surface area is 91.5 Å². The maximum absolute atomic E-state index is 11.5. The number of amides is 1. The molecule has 0 saturated heterocycles. The third kappa shape index (κ3) is 6.76. The number of carbonyl (C=O) groups excluding carboxylic acids is 1. The van der Waals surface area contributed by atoms with Crippen molar-refractivity contribution in [2.75, 3.05) is 0 Å². The number of carbonyl (C=O) groups is 1. The van der Waals surface area contributed by atoms with Gasteiger partial charge in [-0.3, -0.25) is 4.79 Å². The van der Waals surface area contributed by atoms with Gasteiger partial charge in [0.1, 0.15) is 6.04 Å². The summed E-state index contributed by atoms with van der Waals surface area (Å²) in [4.78, 5) is 15.5. The molecule has 0 aliphatic rings. The van der Waals surface area contributed by atoms with Crippen molar-refractivity contribution in [1.29, 1.82) is 0 Å². The molecule has 1 amide bonds. The van der Waals surface area contributed by atoms with E-state index in [1.807, 2.05) is 27.7 Å². The van der Waals surface area contributed by atoms with Crippen LogP contribution in [-0.2, 0) is 4.79 Å². The molecule has 0 aliphatic carbocycles. The van der Waals surface area contributed by atoms with Crippen LogP contribution in [-0.4, -0.2) is 30.0 Å². The number of guanidine groups is 1. The number of nitrogens with one attached hydrogen (secondary N) is 2. The second-order valence-corrected chi connectivity index (χ2v) is 4.15. The van der Waals surface area contributed by atoms with E-state index in [4.69, 9.17) is 5.73 Å². The van der Waals surface area contributed by atoms with Crippen molar-refractivity contribution in [1.82, 2.24) is 10.6 Å². The van der Waals surface area contributed by atoms with E-state index in [9.17, 15) is 4.79 Å². The zero-order chi connectivity index (χ0) is 12.0. The number of nitrogens with two attached hydrogens (primary N) is 1. The minimum Gasteiger partial charge on any atom is -0.370 e. The summed E-state index contributed by atoms with van der Waals surface area (Å²) >= 11 is 0. The van der Waals surface area contributed by atoms with Gasteiger partial charge in [0.05, 0.1) is 0 Å². The van der Waals surface area contributed by atoms with Gasteiger partial charge in [-0.05, 0) is 34.6 Å². The molecule has 0 radical (unpaired) electrons. The molecular weight excluding hydrogens is 192 g/mol. The van der Waals surface area contributed by atoms with Crippen molar-refractivity contribution < 1.29 is 4.79 Å². The number of nitrogens with zero attached hydrogens (tertiary/aromatic N) is 1. The second-order valence-electron chi connectivity index (χ2n) is 4.15. The van der Waals surface area contributed by atoms with Gasteiger partial charge in [-0.25, -0.2) is 4.99 Å². The maximum Gasteiger partial charge on any atom is 0.244 e. The average molecular weight is 214 g/mol. The van der Waals surface area contributed by atoms with Crippen molar-refractivity contribution >= 4 is 11.9 Å². The van der Waals surface area contributed by atoms with E-state index in [0.29, 0.717) is 5.96 Å². The summed E-state index contributed by atoms with van der Waals surface area (Å²) in [6.45, 7) is 9.45. The van der Waals surface area contributed by atoms with Crippen molar-refractivity contribution in [3.63, 3.8) is 0 Å². The Morgan fingerprint density at radius 2 is 1.53 bits per heavy atom. The van der Waals surface area contributed by atoms with Crippen LogP contribution in [0.2, 0.25) is 0 Å². The number of rotatable bonds is 4. The van der Waals surface area contributed by atoms with Crippen LogP contribution in [0.25, 0.3) is 0 Å². The third-order valence-corrected chi connectivity index (χ3v) is 1.58. The Morgan fingerprint density at radius 3 is 1.93 bits per heavy atom. The number of hydrogen-bond acceptors (Lipinski definition) is 2. The fraction of sp³-hybridized carbons (Fsp3) is 0.800. The number of hydrogen-bond donors (Lipinski definition) is 3. The Hall–Kier alpha value is -1.26. The van der Waals surface area contributed by atoms with Crippen LogP contribution in [0.1, 0.15) is 34.6 Å². The molecule has 0 fully saturated rings. The summed E-state index contributed by atoms with van der Waals surface area (Å²) in [5.74, 6) is 0.190. The van der Waals surface area contributed by atoms with E-state index < -0.39 is 6.04 Å². The minimum absolute atomic E-state index is 0.112. The van der Waals surface area contributed by atoms with Crippen LogP contribution < -0.4 is 16.4 Å². The van der Waals surface area contributed by atoms with Gasteiger partial charge in [0.25, 0.3) is 0 Å². The van der Waals surface area contributed by atoms with Crippen LogP contribution in [0.15, 0.2) is 4.99 Å². The molecule has 1 atom stereocenters. The Balaban J connectivity index is 4.20. The van der Waals surface area contributed by atoms with E-state index in [0.717, 1.165) is 0 Å². The Morgan fingerprint density at radius 1 is 1.07 bits per heavy atom. The first-order valence-corrected chi connectivity index (χ1v) is 5.23. The summed E-state index contributed by atoms with van der Waals surface area (Å²) in [5, 5.41) is 5.70. The molecular formula is C10H22N4O. The van der Waals surface area contributed by atoms with Gasteiger partial charge in [0.15, 0.2) is 5.96 Å². The van der Waals surface area contributed by atoms with Crippen LogP contribution in [0.5, 0.6) is 0 Å². The van der Waals surface area contributed by atoms with Crippen LogP contribution >= 0.6 is 0 Å². The first-order valence-electron chi connectivity index (χ1n) is 5.23. The Kier molecular flexibility index (Phi) is 5.74. The summed E-state index contributed by atoms with van der Waals surface area (Å²) in [7, 11) is 0. The van der Waals surface area contributed by atoms with Gasteiger partial charge in [-0.2, -0.15) is 0 Å². The lowest BCUT2D eigenvalue weighted by atomic mass is 10.3. The van der Waals surface area contributed by atoms with Crippen LogP contribution in [0.3, 0.4) is 0 Å². The SMILES string of the molecule is CC(C)NC(=O)C(C)N=C(N)NC(C)C. The van der Waals surface area contributed by atoms with E-state index >= 15 is 0 Å². The molecule has 0 aromatic heterocycles. The lowest BCUT2D eigenvalue weighted by Crippen LogP contribution is -2.41. The predicted octanol–water partition coefficient (Wildman–Crippen LogP) is 0.212. The van der Waals surface area contributed by atoms with E-state index in [1.165, 1.54) is 0 Å². The van der Waals surface area contributed by atoms with Gasteiger partial charge in [-0.1, -0.05) is 0 Å². The molecule has 4 N–H and O–H groups in total. The lowest BCUT2D eigenvalue weighted by molar-refractivity contribution is -0.122. The van der Waals surface area contributed by atoms with Crippen molar-refractivity contribution in [2.45, 2.75) is 52.7 Å². The Bertz CT molecular complexity index is 236. The lowest BCUT2D eigenvalue weighted by Gasteiger charge is -2.13. The maximum atomic E-state index is 11.5. The second kappa shape index (κ2) is 6.27. The third-order valence-electron chi connectivity index (χ3n) is 1.58. The zero-order valence-corrected chi connectivity index (χ0v) is 10.2. The van der Waals surface area contributed by atoms with E-state index in [-0.39, 0.29) is 18.0 Å². The fourth-order valence-corrected chi connectivity index (χ4v) is 1.01. The molecule has 0 aliphatic heterocycles. The summed E-state index contributed by atoms with van der Waals surface area (Å²) in [6, 6.07) is -0.123. The molecule has 0 heterocycles. The van der Waals surface area contributed by atoms with Gasteiger partial charge in [0.2, 0.25) is 5.91 Å². The van der Waals surface area contributed by atoms with Crippen molar-refractivity contribution in [2.24, 2.45) is 10.7 Å². The van der Waals surface area contributed by atoms with Crippen LogP contribution in [0.4, 0.5) is 0 Å². The normalized spacial score (nSPS) is 14.2. The first kappa shape index (κ1) is 13.7. The zero-order valence-electron chi connectivity index (χ0n) is 10.2. The first-order chi connectivity index (χ1) is 6.82. The molecule has 88 valence electrons. The highest BCUT2D eigenvalue weighted by Gasteiger charge is 2.12. The van der Waals surface area contributed by atoms with Crippen molar-refractivity contribution in [3.8, 4) is 0 Å².